The van der Waals surface area contributed by atoms with Gasteiger partial charge in [0.05, 0.1) is 13.2 Å². The van der Waals surface area contributed by atoms with Crippen LogP contribution in [0.3, 0.4) is 0 Å². The van der Waals surface area contributed by atoms with Crippen LogP contribution in [0, 0.1) is 0 Å². The van der Waals surface area contributed by atoms with E-state index in [4.69, 9.17) is 9.73 Å². The van der Waals surface area contributed by atoms with Crippen molar-refractivity contribution >= 4 is 23.2 Å². The lowest BCUT2D eigenvalue weighted by atomic mass is 9.72. The Morgan fingerprint density at radius 2 is 1.63 bits per heavy atom. The minimum atomic E-state index is 0.0898. The number of allylic oxidation sites excluding steroid dienone is 2. The fourth-order valence-electron chi connectivity index (χ4n) is 5.70. The molecule has 2 fully saturated rings. The molecule has 2 saturated heterocycles. The number of hydrogen-bond donors (Lipinski definition) is 1. The molecule has 1 spiro atoms. The highest BCUT2D eigenvalue weighted by Crippen LogP contribution is 2.53. The highest BCUT2D eigenvalue weighted by molar-refractivity contribution is 6.16. The van der Waals surface area contributed by atoms with E-state index in [-0.39, 0.29) is 5.41 Å². The molecule has 0 saturated carbocycles. The Labute approximate surface area is 178 Å². The van der Waals surface area contributed by atoms with Crippen molar-refractivity contribution in [3.05, 3.63) is 65.4 Å². The third kappa shape index (κ3) is 2.72. The summed E-state index contributed by atoms with van der Waals surface area (Å²) in [7, 11) is 0. The van der Waals surface area contributed by atoms with Crippen LogP contribution in [0.15, 0.2) is 59.2 Å². The van der Waals surface area contributed by atoms with Crippen LogP contribution >= 0.6 is 0 Å². The number of benzene rings is 2. The smallest absolute Gasteiger partial charge is 0.114 e. The Hall–Kier alpha value is -2.63. The normalized spacial score (nSPS) is 22.4. The topological polar surface area (TPSA) is 40.1 Å². The quantitative estimate of drug-likeness (QED) is 0.839. The molecule has 0 bridgehead atoms. The van der Waals surface area contributed by atoms with Crippen LogP contribution in [0.2, 0.25) is 0 Å². The van der Waals surface area contributed by atoms with Crippen LogP contribution in [0.5, 0.6) is 0 Å². The van der Waals surface area contributed by atoms with Crippen LogP contribution in [-0.4, -0.2) is 52.3 Å². The first-order valence-electron chi connectivity index (χ1n) is 11.1. The molecule has 6 rings (SSSR count). The Morgan fingerprint density at radius 1 is 0.900 bits per heavy atom. The molecule has 3 heterocycles. The van der Waals surface area contributed by atoms with Crippen LogP contribution in [0.4, 0.5) is 11.4 Å². The van der Waals surface area contributed by atoms with Gasteiger partial charge in [-0.15, -0.1) is 0 Å². The third-order valence-electron chi connectivity index (χ3n) is 7.15. The summed E-state index contributed by atoms with van der Waals surface area (Å²) >= 11 is 0. The van der Waals surface area contributed by atoms with E-state index in [1.165, 1.54) is 33.8 Å². The predicted octanol–water partition coefficient (Wildman–Crippen LogP) is 3.42. The molecule has 0 radical (unpaired) electrons. The zero-order chi connectivity index (χ0) is 20.0. The first kappa shape index (κ1) is 18.2. The molecule has 4 aliphatic rings. The Balaban J connectivity index is 1.40. The molecule has 5 heteroatoms. The zero-order valence-electron chi connectivity index (χ0n) is 17.3. The Morgan fingerprint density at radius 3 is 2.43 bits per heavy atom. The molecule has 154 valence electrons. The van der Waals surface area contributed by atoms with Gasteiger partial charge >= 0.3 is 0 Å². The number of hydrogen-bond acceptors (Lipinski definition) is 5. The molecule has 0 unspecified atom stereocenters. The highest BCUT2D eigenvalue weighted by atomic mass is 16.5. The first-order chi connectivity index (χ1) is 14.9. The molecule has 3 aliphatic heterocycles. The average molecular weight is 401 g/mol. The van der Waals surface area contributed by atoms with Crippen molar-refractivity contribution in [2.75, 3.05) is 55.9 Å². The van der Waals surface area contributed by atoms with Crippen LogP contribution in [-0.2, 0) is 10.2 Å². The maximum absolute atomic E-state index is 5.50. The molecular weight excluding hydrogens is 372 g/mol. The van der Waals surface area contributed by atoms with Crippen molar-refractivity contribution in [3.63, 3.8) is 0 Å². The van der Waals surface area contributed by atoms with Gasteiger partial charge in [0, 0.05) is 47.4 Å². The van der Waals surface area contributed by atoms with Crippen molar-refractivity contribution < 1.29 is 4.74 Å². The average Bonchev–Trinajstić information content (AvgIpc) is 3.10. The van der Waals surface area contributed by atoms with Crippen molar-refractivity contribution in [1.29, 1.82) is 0 Å². The molecule has 2 aromatic carbocycles. The predicted molar refractivity (Wildman–Crippen MR) is 122 cm³/mol. The molecule has 30 heavy (non-hydrogen) atoms. The van der Waals surface area contributed by atoms with Gasteiger partial charge in [0.1, 0.15) is 6.67 Å². The van der Waals surface area contributed by atoms with Crippen LogP contribution < -0.4 is 15.1 Å². The van der Waals surface area contributed by atoms with Gasteiger partial charge in [-0.25, -0.2) is 0 Å². The minimum absolute atomic E-state index is 0.0898. The summed E-state index contributed by atoms with van der Waals surface area (Å²) < 4.78 is 5.50. The number of nitrogens with one attached hydrogen (secondary N) is 1. The van der Waals surface area contributed by atoms with Gasteiger partial charge < -0.3 is 19.9 Å². The maximum Gasteiger partial charge on any atom is 0.114 e. The van der Waals surface area contributed by atoms with Crippen molar-refractivity contribution in [3.8, 4) is 0 Å². The first-order valence-corrected chi connectivity index (χ1v) is 11.1. The van der Waals surface area contributed by atoms with E-state index in [0.717, 1.165) is 52.2 Å². The Bertz CT molecular complexity index is 998. The van der Waals surface area contributed by atoms with Crippen molar-refractivity contribution in [1.82, 2.24) is 5.32 Å². The number of piperidine rings is 1. The fourth-order valence-corrected chi connectivity index (χ4v) is 5.70. The van der Waals surface area contributed by atoms with E-state index >= 15 is 0 Å². The van der Waals surface area contributed by atoms with Gasteiger partial charge in [-0.3, -0.25) is 4.99 Å². The fraction of sp³-hybridized carbons (Fsp3) is 0.400. The third-order valence-corrected chi connectivity index (χ3v) is 7.15. The summed E-state index contributed by atoms with van der Waals surface area (Å²) in [5.41, 5.74) is 8.24. The monoisotopic (exact) mass is 400 g/mol. The van der Waals surface area contributed by atoms with Crippen LogP contribution in [0.25, 0.3) is 5.57 Å². The standard InChI is InChI=1S/C25H28N4O/c1-2-4-23-21(3-1)22-17-27-18-29(24(22)25(23)9-11-26-12-10-25)20-7-5-19(6-8-20)28-13-15-30-16-14-28/h1-8,17,26H,9-16,18H2. The maximum atomic E-state index is 5.50. The highest BCUT2D eigenvalue weighted by Gasteiger charge is 2.48. The summed E-state index contributed by atoms with van der Waals surface area (Å²) in [5.74, 6) is 0. The van der Waals surface area contributed by atoms with E-state index < -0.39 is 0 Å². The molecule has 1 aliphatic carbocycles. The van der Waals surface area contributed by atoms with Gasteiger partial charge in [-0.1, -0.05) is 24.3 Å². The molecule has 0 atom stereocenters. The minimum Gasteiger partial charge on any atom is -0.378 e. The number of anilines is 2. The molecule has 0 amide bonds. The van der Waals surface area contributed by atoms with E-state index in [9.17, 15) is 0 Å². The van der Waals surface area contributed by atoms with E-state index in [2.05, 4.69) is 69.9 Å². The summed E-state index contributed by atoms with van der Waals surface area (Å²) in [4.78, 5) is 9.64. The summed E-state index contributed by atoms with van der Waals surface area (Å²) in [5, 5.41) is 3.57. The number of aliphatic imine (C=N–C) groups is 1. The molecule has 5 nitrogen and oxygen atoms in total. The van der Waals surface area contributed by atoms with Gasteiger partial charge in [-0.05, 0) is 61.3 Å². The van der Waals surface area contributed by atoms with Gasteiger partial charge in [0.2, 0.25) is 0 Å². The SMILES string of the molecule is C1=NCN(c2ccc(N3CCOCC3)cc2)C2=C1c1ccccc1C21CCNCC1. The molecule has 2 aromatic rings. The lowest BCUT2D eigenvalue weighted by molar-refractivity contribution is 0.122. The second-order valence-corrected chi connectivity index (χ2v) is 8.64. The van der Waals surface area contributed by atoms with E-state index in [1.807, 2.05) is 0 Å². The Kier molecular flexibility index (Phi) is 4.39. The van der Waals surface area contributed by atoms with Gasteiger partial charge in [-0.2, -0.15) is 0 Å². The number of ether oxygens (including phenoxy) is 1. The van der Waals surface area contributed by atoms with E-state index in [1.54, 1.807) is 0 Å². The number of nitrogens with zero attached hydrogens (tertiary/aromatic N) is 3. The van der Waals surface area contributed by atoms with Crippen molar-refractivity contribution in [2.45, 2.75) is 18.3 Å². The zero-order valence-corrected chi connectivity index (χ0v) is 17.3. The van der Waals surface area contributed by atoms with Crippen molar-refractivity contribution in [2.24, 2.45) is 4.99 Å². The number of fused-ring (bicyclic) bond motifs is 4. The summed E-state index contributed by atoms with van der Waals surface area (Å²) in [6, 6.07) is 18.0. The summed E-state index contributed by atoms with van der Waals surface area (Å²) in [6.07, 6.45) is 4.39. The van der Waals surface area contributed by atoms with Gasteiger partial charge in [0.15, 0.2) is 0 Å². The number of rotatable bonds is 2. The van der Waals surface area contributed by atoms with Crippen LogP contribution in [0.1, 0.15) is 24.0 Å². The second-order valence-electron chi connectivity index (χ2n) is 8.64. The molecule has 0 aromatic heterocycles. The summed E-state index contributed by atoms with van der Waals surface area (Å²) in [6.45, 7) is 6.38. The molecular formula is C25H28N4O. The lowest BCUT2D eigenvalue weighted by Crippen LogP contribution is -2.45. The van der Waals surface area contributed by atoms with Gasteiger partial charge in [0.25, 0.3) is 0 Å². The second kappa shape index (κ2) is 7.25. The molecule has 1 N–H and O–H groups in total. The number of morpholine rings is 1. The lowest BCUT2D eigenvalue weighted by Gasteiger charge is -2.43. The largest absolute Gasteiger partial charge is 0.378 e. The van der Waals surface area contributed by atoms with E-state index in [0.29, 0.717) is 6.67 Å².